The molecular weight excluding hydrogens is 283 g/mol. The summed E-state index contributed by atoms with van der Waals surface area (Å²) >= 11 is 1.82. The number of hydrogen-bond donors (Lipinski definition) is 3. The number of carboxylic acid groups (broad SMARTS) is 1. The van der Waals surface area contributed by atoms with Gasteiger partial charge in [-0.2, -0.15) is 11.8 Å². The van der Waals surface area contributed by atoms with E-state index in [1.54, 1.807) is 0 Å². The van der Waals surface area contributed by atoms with E-state index < -0.39 is 17.8 Å². The Hall–Kier alpha value is -1.76. The van der Waals surface area contributed by atoms with Gasteiger partial charge in [-0.3, -0.25) is 0 Å². The molecule has 1 fully saturated rings. The molecule has 0 aliphatic carbocycles. The molecule has 0 saturated carbocycles. The molecule has 3 N–H and O–H groups in total. The second kappa shape index (κ2) is 6.60. The van der Waals surface area contributed by atoms with E-state index in [0.717, 1.165) is 24.7 Å². The summed E-state index contributed by atoms with van der Waals surface area (Å²) in [4.78, 5) is 22.3. The number of rotatable bonds is 4. The lowest BCUT2D eigenvalue weighted by molar-refractivity contribution is 0.0696. The first kappa shape index (κ1) is 14.6. The Balaban J connectivity index is 1.88. The Morgan fingerprint density at radius 1 is 1.45 bits per heavy atom. The third kappa shape index (κ3) is 3.86. The Morgan fingerprint density at radius 2 is 2.25 bits per heavy atom. The summed E-state index contributed by atoms with van der Waals surface area (Å²) in [6, 6.07) is 2.88. The van der Waals surface area contributed by atoms with Gasteiger partial charge in [0.05, 0.1) is 11.3 Å². The highest BCUT2D eigenvalue weighted by Gasteiger charge is 2.16. The van der Waals surface area contributed by atoms with Gasteiger partial charge < -0.3 is 15.7 Å². The highest BCUT2D eigenvalue weighted by Crippen LogP contribution is 2.25. The van der Waals surface area contributed by atoms with E-state index in [-0.39, 0.29) is 11.3 Å². The number of urea groups is 1. The lowest BCUT2D eigenvalue weighted by Crippen LogP contribution is -2.33. The molecule has 1 aliphatic heterocycles. The summed E-state index contributed by atoms with van der Waals surface area (Å²) in [7, 11) is 0. The number of carbonyl (C=O) groups is 2. The molecule has 1 unspecified atom stereocenters. The number of nitrogens with one attached hydrogen (secondary N) is 2. The van der Waals surface area contributed by atoms with Gasteiger partial charge in [-0.25, -0.2) is 14.0 Å². The number of hydrogen-bond acceptors (Lipinski definition) is 3. The number of benzene rings is 1. The van der Waals surface area contributed by atoms with Crippen LogP contribution in [0.25, 0.3) is 0 Å². The van der Waals surface area contributed by atoms with Gasteiger partial charge in [-0.1, -0.05) is 0 Å². The lowest BCUT2D eigenvalue weighted by Gasteiger charge is -2.11. The molecule has 7 heteroatoms. The van der Waals surface area contributed by atoms with Crippen molar-refractivity contribution in [2.24, 2.45) is 0 Å². The minimum atomic E-state index is -1.21. The Kier molecular flexibility index (Phi) is 4.84. The predicted octanol–water partition coefficient (Wildman–Crippen LogP) is 2.54. The van der Waals surface area contributed by atoms with Crippen LogP contribution in [0.3, 0.4) is 0 Å². The molecule has 5 nitrogen and oxygen atoms in total. The topological polar surface area (TPSA) is 78.4 Å². The summed E-state index contributed by atoms with van der Waals surface area (Å²) in [5.74, 6) is -0.868. The standard InChI is InChI=1S/C13H15FN2O3S/c14-10-6-8(12(17)18)3-4-11(10)16-13(19)15-7-9-2-1-5-20-9/h3-4,6,9H,1-2,5,7H2,(H,17,18)(H2,15,16,19). The quantitative estimate of drug-likeness (QED) is 0.798. The van der Waals surface area contributed by atoms with Crippen LogP contribution >= 0.6 is 11.8 Å². The van der Waals surface area contributed by atoms with Crippen LogP contribution in [-0.4, -0.2) is 34.7 Å². The molecule has 20 heavy (non-hydrogen) atoms. The molecular formula is C13H15FN2O3S. The fraction of sp³-hybridized carbons (Fsp3) is 0.385. The summed E-state index contributed by atoms with van der Waals surface area (Å²) in [6.07, 6.45) is 2.23. The number of thioether (sulfide) groups is 1. The van der Waals surface area contributed by atoms with Gasteiger partial charge in [0.15, 0.2) is 0 Å². The van der Waals surface area contributed by atoms with Crippen LogP contribution in [-0.2, 0) is 0 Å². The van der Waals surface area contributed by atoms with E-state index in [9.17, 15) is 14.0 Å². The zero-order valence-corrected chi connectivity index (χ0v) is 11.5. The van der Waals surface area contributed by atoms with Crippen LogP contribution in [0.1, 0.15) is 23.2 Å². The normalized spacial score (nSPS) is 17.8. The zero-order chi connectivity index (χ0) is 14.5. The van der Waals surface area contributed by atoms with E-state index in [4.69, 9.17) is 5.11 Å². The third-order valence-corrected chi connectivity index (χ3v) is 4.38. The maximum absolute atomic E-state index is 13.6. The number of amides is 2. The second-order valence-corrected chi connectivity index (χ2v) is 5.88. The molecule has 2 amide bonds. The van der Waals surface area contributed by atoms with Crippen LogP contribution in [0.2, 0.25) is 0 Å². The number of carboxylic acids is 1. The van der Waals surface area contributed by atoms with Crippen molar-refractivity contribution in [3.05, 3.63) is 29.6 Å². The van der Waals surface area contributed by atoms with Gasteiger partial charge >= 0.3 is 12.0 Å². The molecule has 1 atom stereocenters. The first-order chi connectivity index (χ1) is 9.56. The molecule has 0 bridgehead atoms. The monoisotopic (exact) mass is 298 g/mol. The maximum Gasteiger partial charge on any atom is 0.335 e. The van der Waals surface area contributed by atoms with E-state index in [2.05, 4.69) is 10.6 Å². The largest absolute Gasteiger partial charge is 0.478 e. The maximum atomic E-state index is 13.6. The highest BCUT2D eigenvalue weighted by molar-refractivity contribution is 8.00. The first-order valence-electron chi connectivity index (χ1n) is 6.25. The van der Waals surface area contributed by atoms with Gasteiger partial charge in [0.2, 0.25) is 0 Å². The SMILES string of the molecule is O=C(NCC1CCCS1)Nc1ccc(C(=O)O)cc1F. The summed E-state index contributed by atoms with van der Waals surface area (Å²) in [6.45, 7) is 0.547. The van der Waals surface area contributed by atoms with Crippen LogP contribution < -0.4 is 10.6 Å². The first-order valence-corrected chi connectivity index (χ1v) is 7.30. The second-order valence-electron chi connectivity index (χ2n) is 4.47. The van der Waals surface area contributed by atoms with Crippen molar-refractivity contribution >= 4 is 29.4 Å². The van der Waals surface area contributed by atoms with Crippen molar-refractivity contribution < 1.29 is 19.1 Å². The minimum Gasteiger partial charge on any atom is -0.478 e. The average molecular weight is 298 g/mol. The average Bonchev–Trinajstić information content (AvgIpc) is 2.91. The molecule has 1 aromatic carbocycles. The zero-order valence-electron chi connectivity index (χ0n) is 10.7. The molecule has 1 heterocycles. The van der Waals surface area contributed by atoms with Gasteiger partial charge in [-0.05, 0) is 36.8 Å². The van der Waals surface area contributed by atoms with Crippen LogP contribution in [0.15, 0.2) is 18.2 Å². The smallest absolute Gasteiger partial charge is 0.335 e. The predicted molar refractivity (Wildman–Crippen MR) is 75.9 cm³/mol. The fourth-order valence-corrected chi connectivity index (χ4v) is 3.13. The minimum absolute atomic E-state index is 0.0356. The summed E-state index contributed by atoms with van der Waals surface area (Å²) < 4.78 is 13.6. The molecule has 2 rings (SSSR count). The molecule has 1 aromatic rings. The van der Waals surface area contributed by atoms with Crippen LogP contribution in [0.4, 0.5) is 14.9 Å². The van der Waals surface area contributed by atoms with E-state index in [1.165, 1.54) is 12.1 Å². The van der Waals surface area contributed by atoms with Crippen molar-refractivity contribution in [2.75, 3.05) is 17.6 Å². The van der Waals surface area contributed by atoms with Crippen molar-refractivity contribution in [1.82, 2.24) is 5.32 Å². The molecule has 0 aromatic heterocycles. The van der Waals surface area contributed by atoms with E-state index >= 15 is 0 Å². The molecule has 0 radical (unpaired) electrons. The Morgan fingerprint density at radius 3 is 2.85 bits per heavy atom. The van der Waals surface area contributed by atoms with Gasteiger partial charge in [0.25, 0.3) is 0 Å². The Bertz CT molecular complexity index is 518. The van der Waals surface area contributed by atoms with Crippen molar-refractivity contribution in [3.8, 4) is 0 Å². The lowest BCUT2D eigenvalue weighted by atomic mass is 10.2. The summed E-state index contributed by atoms with van der Waals surface area (Å²) in [5, 5.41) is 14.2. The fourth-order valence-electron chi connectivity index (χ4n) is 1.93. The van der Waals surface area contributed by atoms with Crippen LogP contribution in [0.5, 0.6) is 0 Å². The van der Waals surface area contributed by atoms with Gasteiger partial charge in [-0.15, -0.1) is 0 Å². The van der Waals surface area contributed by atoms with Crippen LogP contribution in [0, 0.1) is 5.82 Å². The number of carbonyl (C=O) groups excluding carboxylic acids is 1. The molecule has 0 spiro atoms. The summed E-state index contributed by atoms with van der Waals surface area (Å²) in [5.41, 5.74) is -0.192. The number of halogens is 1. The third-order valence-electron chi connectivity index (χ3n) is 2.98. The van der Waals surface area contributed by atoms with Gasteiger partial charge in [0.1, 0.15) is 5.82 Å². The number of aromatic carboxylic acids is 1. The molecule has 1 aliphatic rings. The van der Waals surface area contributed by atoms with Crippen molar-refractivity contribution in [2.45, 2.75) is 18.1 Å². The van der Waals surface area contributed by atoms with E-state index in [1.807, 2.05) is 11.8 Å². The van der Waals surface area contributed by atoms with Crippen molar-refractivity contribution in [1.29, 1.82) is 0 Å². The number of anilines is 1. The molecule has 108 valence electrons. The van der Waals surface area contributed by atoms with Gasteiger partial charge in [0, 0.05) is 11.8 Å². The Labute approximate surface area is 119 Å². The van der Waals surface area contributed by atoms with Crippen molar-refractivity contribution in [3.63, 3.8) is 0 Å². The highest BCUT2D eigenvalue weighted by atomic mass is 32.2. The van der Waals surface area contributed by atoms with E-state index in [0.29, 0.717) is 11.8 Å². The molecule has 1 saturated heterocycles.